The largest absolute Gasteiger partial charge is 0.352 e. The number of piperidine rings is 1. The second-order valence-electron chi connectivity index (χ2n) is 7.11. The van der Waals surface area contributed by atoms with Crippen molar-refractivity contribution in [2.24, 2.45) is 0 Å². The second-order valence-corrected chi connectivity index (χ2v) is 9.05. The van der Waals surface area contributed by atoms with Crippen LogP contribution in [0.25, 0.3) is 0 Å². The highest BCUT2D eigenvalue weighted by Gasteiger charge is 2.25. The van der Waals surface area contributed by atoms with Gasteiger partial charge in [0.2, 0.25) is 21.8 Å². The number of rotatable bonds is 8. The molecule has 2 rings (SSSR count). The highest BCUT2D eigenvalue weighted by molar-refractivity contribution is 7.89. The summed E-state index contributed by atoms with van der Waals surface area (Å²) in [4.78, 5) is 23.6. The van der Waals surface area contributed by atoms with Crippen LogP contribution >= 0.6 is 0 Å². The predicted octanol–water partition coefficient (Wildman–Crippen LogP) is 1.43. The van der Waals surface area contributed by atoms with E-state index in [1.54, 1.807) is 28.6 Å². The van der Waals surface area contributed by atoms with E-state index >= 15 is 0 Å². The molecular formula is C19H29N3O4S. The van der Waals surface area contributed by atoms with Crippen LogP contribution in [0.5, 0.6) is 0 Å². The van der Waals surface area contributed by atoms with Crippen LogP contribution in [0.2, 0.25) is 0 Å². The maximum Gasteiger partial charge on any atom is 0.243 e. The van der Waals surface area contributed by atoms with E-state index in [0.717, 1.165) is 24.8 Å². The van der Waals surface area contributed by atoms with Gasteiger partial charge in [0.15, 0.2) is 0 Å². The summed E-state index contributed by atoms with van der Waals surface area (Å²) < 4.78 is 26.8. The number of carbonyl (C=O) groups is 2. The molecule has 150 valence electrons. The van der Waals surface area contributed by atoms with E-state index in [9.17, 15) is 18.0 Å². The van der Waals surface area contributed by atoms with Gasteiger partial charge in [0.25, 0.3) is 0 Å². The van der Waals surface area contributed by atoms with Gasteiger partial charge in [-0.2, -0.15) is 4.31 Å². The van der Waals surface area contributed by atoms with Crippen LogP contribution in [0, 0.1) is 0 Å². The first-order valence-electron chi connectivity index (χ1n) is 9.44. The van der Waals surface area contributed by atoms with Crippen LogP contribution in [-0.4, -0.2) is 50.2 Å². The standard InChI is InChI=1S/C19H29N3O4S/c1-15(2)21-19(24)14-20-18(23)11-8-16-6-9-17(10-7-16)27(25,26)22-12-4-3-5-13-22/h6-7,9-10,15H,3-5,8,11-14H2,1-2H3,(H,20,23)(H,21,24). The number of hydrogen-bond acceptors (Lipinski definition) is 4. The number of nitrogens with zero attached hydrogens (tertiary/aromatic N) is 1. The maximum absolute atomic E-state index is 12.6. The van der Waals surface area contributed by atoms with Crippen molar-refractivity contribution in [2.45, 2.75) is 56.9 Å². The van der Waals surface area contributed by atoms with Crippen molar-refractivity contribution in [3.8, 4) is 0 Å². The third-order valence-corrected chi connectivity index (χ3v) is 6.33. The molecule has 0 aromatic heterocycles. The van der Waals surface area contributed by atoms with Gasteiger partial charge in [-0.15, -0.1) is 0 Å². The Balaban J connectivity index is 1.83. The molecule has 1 fully saturated rings. The highest BCUT2D eigenvalue weighted by Crippen LogP contribution is 2.21. The summed E-state index contributed by atoms with van der Waals surface area (Å²) in [6, 6.07) is 6.74. The molecule has 2 N–H and O–H groups in total. The Kier molecular flexibility index (Phi) is 7.79. The fourth-order valence-electron chi connectivity index (χ4n) is 2.98. The van der Waals surface area contributed by atoms with Crippen molar-refractivity contribution in [3.63, 3.8) is 0 Å². The lowest BCUT2D eigenvalue weighted by molar-refractivity contribution is -0.126. The maximum atomic E-state index is 12.6. The van der Waals surface area contributed by atoms with Crippen molar-refractivity contribution >= 4 is 21.8 Å². The van der Waals surface area contributed by atoms with Gasteiger partial charge < -0.3 is 10.6 Å². The van der Waals surface area contributed by atoms with E-state index in [1.165, 1.54) is 0 Å². The zero-order valence-electron chi connectivity index (χ0n) is 16.0. The molecule has 7 nitrogen and oxygen atoms in total. The Hall–Kier alpha value is -1.93. The summed E-state index contributed by atoms with van der Waals surface area (Å²) in [5.74, 6) is -0.426. The van der Waals surface area contributed by atoms with Crippen LogP contribution in [0.3, 0.4) is 0 Å². The first-order valence-corrected chi connectivity index (χ1v) is 10.9. The van der Waals surface area contributed by atoms with E-state index in [2.05, 4.69) is 10.6 Å². The van der Waals surface area contributed by atoms with Gasteiger partial charge in [-0.1, -0.05) is 18.6 Å². The summed E-state index contributed by atoms with van der Waals surface area (Å²) in [7, 11) is -3.43. The molecule has 0 unspecified atom stereocenters. The Morgan fingerprint density at radius 3 is 2.26 bits per heavy atom. The molecule has 1 aromatic rings. The smallest absolute Gasteiger partial charge is 0.243 e. The first-order chi connectivity index (χ1) is 12.8. The SMILES string of the molecule is CC(C)NC(=O)CNC(=O)CCc1ccc(S(=O)(=O)N2CCCCC2)cc1. The predicted molar refractivity (Wildman–Crippen MR) is 104 cm³/mol. The molecular weight excluding hydrogens is 366 g/mol. The van der Waals surface area contributed by atoms with Crippen molar-refractivity contribution in [3.05, 3.63) is 29.8 Å². The quantitative estimate of drug-likeness (QED) is 0.696. The van der Waals surface area contributed by atoms with Crippen molar-refractivity contribution in [1.29, 1.82) is 0 Å². The van der Waals surface area contributed by atoms with Crippen LogP contribution in [0.1, 0.15) is 45.1 Å². The summed E-state index contributed by atoms with van der Waals surface area (Å²) in [5, 5.41) is 5.29. The molecule has 0 aliphatic carbocycles. The van der Waals surface area contributed by atoms with Crippen LogP contribution < -0.4 is 10.6 Å². The average Bonchev–Trinajstić information content (AvgIpc) is 2.65. The molecule has 0 radical (unpaired) electrons. The van der Waals surface area contributed by atoms with Gasteiger partial charge in [-0.05, 0) is 50.8 Å². The minimum atomic E-state index is -3.43. The average molecular weight is 396 g/mol. The number of amides is 2. The zero-order valence-corrected chi connectivity index (χ0v) is 16.8. The van der Waals surface area contributed by atoms with Gasteiger partial charge in [-0.25, -0.2) is 8.42 Å². The molecule has 0 spiro atoms. The normalized spacial score (nSPS) is 15.5. The van der Waals surface area contributed by atoms with Gasteiger partial charge in [0, 0.05) is 25.6 Å². The molecule has 1 saturated heterocycles. The summed E-state index contributed by atoms with van der Waals surface area (Å²) in [6.45, 7) is 4.83. The van der Waals surface area contributed by atoms with Gasteiger partial charge in [0.1, 0.15) is 0 Å². The van der Waals surface area contributed by atoms with Crippen LogP contribution in [0.15, 0.2) is 29.2 Å². The topological polar surface area (TPSA) is 95.6 Å². The van der Waals surface area contributed by atoms with E-state index < -0.39 is 10.0 Å². The third-order valence-electron chi connectivity index (χ3n) is 4.41. The zero-order chi connectivity index (χ0) is 19.9. The lowest BCUT2D eigenvalue weighted by Gasteiger charge is -2.25. The van der Waals surface area contributed by atoms with Gasteiger partial charge in [0.05, 0.1) is 11.4 Å². The molecule has 1 heterocycles. The monoisotopic (exact) mass is 395 g/mol. The fraction of sp³-hybridized carbons (Fsp3) is 0.579. The van der Waals surface area contributed by atoms with E-state index in [1.807, 2.05) is 13.8 Å². The number of nitrogens with one attached hydrogen (secondary N) is 2. The lowest BCUT2D eigenvalue weighted by Crippen LogP contribution is -2.39. The minimum absolute atomic E-state index is 0.0362. The molecule has 1 aliphatic heterocycles. The summed E-state index contributed by atoms with van der Waals surface area (Å²) in [5.41, 5.74) is 0.884. The number of carbonyl (C=O) groups excluding carboxylic acids is 2. The van der Waals surface area contributed by atoms with Crippen LogP contribution in [-0.2, 0) is 26.0 Å². The number of sulfonamides is 1. The summed E-state index contributed by atoms with van der Waals surface area (Å²) >= 11 is 0. The Labute approximate surface area is 161 Å². The van der Waals surface area contributed by atoms with Crippen molar-refractivity contribution < 1.29 is 18.0 Å². The Morgan fingerprint density at radius 1 is 1.04 bits per heavy atom. The second kappa shape index (κ2) is 9.85. The van der Waals surface area contributed by atoms with Crippen LogP contribution in [0.4, 0.5) is 0 Å². The highest BCUT2D eigenvalue weighted by atomic mass is 32.2. The molecule has 0 atom stereocenters. The van der Waals surface area contributed by atoms with E-state index in [4.69, 9.17) is 0 Å². The molecule has 1 aliphatic rings. The van der Waals surface area contributed by atoms with E-state index in [-0.39, 0.29) is 30.8 Å². The lowest BCUT2D eigenvalue weighted by atomic mass is 10.1. The molecule has 2 amide bonds. The van der Waals surface area contributed by atoms with Crippen molar-refractivity contribution in [2.75, 3.05) is 19.6 Å². The number of aryl methyl sites for hydroxylation is 1. The fourth-order valence-corrected chi connectivity index (χ4v) is 4.50. The Bertz CT molecular complexity index is 739. The molecule has 1 aromatic carbocycles. The molecule has 27 heavy (non-hydrogen) atoms. The number of hydrogen-bond donors (Lipinski definition) is 2. The van der Waals surface area contributed by atoms with Crippen molar-refractivity contribution in [1.82, 2.24) is 14.9 Å². The molecule has 8 heteroatoms. The van der Waals surface area contributed by atoms with Gasteiger partial charge in [-0.3, -0.25) is 9.59 Å². The van der Waals surface area contributed by atoms with Gasteiger partial charge >= 0.3 is 0 Å². The first kappa shape index (κ1) is 21.4. The third kappa shape index (κ3) is 6.62. The number of benzene rings is 1. The van der Waals surface area contributed by atoms with E-state index in [0.29, 0.717) is 24.4 Å². The minimum Gasteiger partial charge on any atom is -0.352 e. The summed E-state index contributed by atoms with van der Waals surface area (Å²) in [6.07, 6.45) is 3.62. The Morgan fingerprint density at radius 2 is 1.67 bits per heavy atom. The molecule has 0 bridgehead atoms. The molecule has 0 saturated carbocycles.